The molecule has 0 aliphatic heterocycles. The molecule has 3 aromatic rings. The van der Waals surface area contributed by atoms with Gasteiger partial charge in [0.15, 0.2) is 0 Å². The number of hydrogen-bond acceptors (Lipinski definition) is 7. The Balaban J connectivity index is 1.83. The normalized spacial score (nSPS) is 13.7. The molecule has 0 bridgehead atoms. The summed E-state index contributed by atoms with van der Waals surface area (Å²) in [5, 5.41) is 26.8. The minimum Gasteiger partial charge on any atom is -0.481 e. The zero-order valence-electron chi connectivity index (χ0n) is 23.8. The molecule has 234 valence electrons. The number of hydrogen-bond donors (Lipinski definition) is 8. The number of primary amides is 1. The number of carboxylic acids is 2. The number of rotatable bonds is 17. The maximum atomic E-state index is 13.6. The molecule has 0 fully saturated rings. The number of aromatic amines is 1. The molecule has 44 heavy (non-hydrogen) atoms. The average molecular weight is 609 g/mol. The topological polar surface area (TPSA) is 247 Å². The Labute approximate surface area is 252 Å². The number of benzene rings is 2. The standard InChI is InChI=1S/C30H36N6O8/c31-20(14-17-6-2-1-3-7-17)27(40)36-24(15-18-16-33-21-9-5-4-8-19(18)21)29(42)34-22(11-13-26(38)39)28(41)35-23(30(43)44)10-12-25(32)37/h1-9,16,20,22-24,33H,10-15,31H2,(H2,32,37)(H,34,42)(H,35,41)(H,36,40)(H,38,39)(H,43,44). The first-order chi connectivity index (χ1) is 20.9. The fraction of sp³-hybridized carbons (Fsp3) is 0.333. The summed E-state index contributed by atoms with van der Waals surface area (Å²) in [6, 6.07) is 11.1. The van der Waals surface area contributed by atoms with E-state index in [2.05, 4.69) is 20.9 Å². The van der Waals surface area contributed by atoms with Crippen LogP contribution in [0, 0.1) is 0 Å². The summed E-state index contributed by atoms with van der Waals surface area (Å²) in [6.45, 7) is 0. The molecule has 1 heterocycles. The molecule has 10 N–H and O–H groups in total. The van der Waals surface area contributed by atoms with Crippen LogP contribution in [0.25, 0.3) is 10.9 Å². The van der Waals surface area contributed by atoms with Crippen LogP contribution < -0.4 is 27.4 Å². The van der Waals surface area contributed by atoms with Crippen molar-refractivity contribution < 1.29 is 39.0 Å². The SMILES string of the molecule is NC(=O)CCC(NC(=O)C(CCC(=O)O)NC(=O)C(Cc1c[nH]c2ccccc12)NC(=O)C(N)Cc1ccccc1)C(=O)O. The zero-order chi connectivity index (χ0) is 32.2. The van der Waals surface area contributed by atoms with Crippen LogP contribution in [0.4, 0.5) is 0 Å². The van der Waals surface area contributed by atoms with Crippen LogP contribution in [-0.4, -0.2) is 74.9 Å². The van der Waals surface area contributed by atoms with E-state index in [1.807, 2.05) is 42.5 Å². The average Bonchev–Trinajstić information content (AvgIpc) is 3.39. The summed E-state index contributed by atoms with van der Waals surface area (Å²) in [4.78, 5) is 77.1. The number of H-pyrrole nitrogens is 1. The maximum Gasteiger partial charge on any atom is 0.326 e. The molecule has 4 atom stereocenters. The van der Waals surface area contributed by atoms with Gasteiger partial charge in [-0.3, -0.25) is 24.0 Å². The van der Waals surface area contributed by atoms with Crippen molar-refractivity contribution in [3.05, 3.63) is 71.9 Å². The molecule has 0 aliphatic rings. The number of aliphatic carboxylic acids is 2. The van der Waals surface area contributed by atoms with Crippen LogP contribution in [0.15, 0.2) is 60.8 Å². The first kappa shape index (κ1) is 33.3. The van der Waals surface area contributed by atoms with E-state index in [4.69, 9.17) is 11.5 Å². The Hall–Kier alpha value is -5.24. The van der Waals surface area contributed by atoms with Crippen LogP contribution in [0.1, 0.15) is 36.8 Å². The molecule has 1 aromatic heterocycles. The van der Waals surface area contributed by atoms with Crippen molar-refractivity contribution in [3.63, 3.8) is 0 Å². The zero-order valence-corrected chi connectivity index (χ0v) is 23.8. The Kier molecular flexibility index (Phi) is 12.0. The highest BCUT2D eigenvalue weighted by Gasteiger charge is 2.31. The second kappa shape index (κ2) is 15.8. The van der Waals surface area contributed by atoms with E-state index >= 15 is 0 Å². The Morgan fingerprint density at radius 2 is 1.32 bits per heavy atom. The van der Waals surface area contributed by atoms with Gasteiger partial charge in [0.25, 0.3) is 0 Å². The molecule has 0 spiro atoms. The van der Waals surface area contributed by atoms with E-state index in [1.54, 1.807) is 18.3 Å². The molecule has 14 heteroatoms. The van der Waals surface area contributed by atoms with E-state index in [0.717, 1.165) is 16.5 Å². The molecule has 4 unspecified atom stereocenters. The van der Waals surface area contributed by atoms with Crippen LogP contribution >= 0.6 is 0 Å². The van der Waals surface area contributed by atoms with Gasteiger partial charge in [-0.25, -0.2) is 4.79 Å². The predicted molar refractivity (Wildman–Crippen MR) is 159 cm³/mol. The third-order valence-corrected chi connectivity index (χ3v) is 6.94. The van der Waals surface area contributed by atoms with E-state index in [9.17, 15) is 39.0 Å². The van der Waals surface area contributed by atoms with Crippen LogP contribution in [-0.2, 0) is 41.6 Å². The Bertz CT molecular complexity index is 1490. The predicted octanol–water partition coefficient (Wildman–Crippen LogP) is -0.0503. The van der Waals surface area contributed by atoms with Crippen molar-refractivity contribution in [1.29, 1.82) is 0 Å². The van der Waals surface area contributed by atoms with Crippen LogP contribution in [0.2, 0.25) is 0 Å². The van der Waals surface area contributed by atoms with Gasteiger partial charge in [0.1, 0.15) is 18.1 Å². The summed E-state index contributed by atoms with van der Waals surface area (Å²) in [5.41, 5.74) is 13.5. The van der Waals surface area contributed by atoms with Gasteiger partial charge in [0.05, 0.1) is 6.04 Å². The Morgan fingerprint density at radius 3 is 1.98 bits per heavy atom. The van der Waals surface area contributed by atoms with Crippen molar-refractivity contribution in [2.24, 2.45) is 11.5 Å². The number of aromatic nitrogens is 1. The van der Waals surface area contributed by atoms with Crippen LogP contribution in [0.5, 0.6) is 0 Å². The third kappa shape index (κ3) is 9.94. The maximum absolute atomic E-state index is 13.6. The number of amides is 4. The van der Waals surface area contributed by atoms with Gasteiger partial charge in [0.2, 0.25) is 23.6 Å². The number of nitrogens with two attached hydrogens (primary N) is 2. The molecule has 0 saturated heterocycles. The molecule has 0 aliphatic carbocycles. The van der Waals surface area contributed by atoms with Gasteiger partial charge in [0, 0.05) is 36.4 Å². The Morgan fingerprint density at radius 1 is 0.727 bits per heavy atom. The van der Waals surface area contributed by atoms with Gasteiger partial charge in [-0.2, -0.15) is 0 Å². The quantitative estimate of drug-likeness (QED) is 0.102. The second-order valence-electron chi connectivity index (χ2n) is 10.3. The van der Waals surface area contributed by atoms with Crippen molar-refractivity contribution in [2.75, 3.05) is 0 Å². The van der Waals surface area contributed by atoms with Crippen molar-refractivity contribution in [2.45, 2.75) is 62.7 Å². The minimum atomic E-state index is -1.52. The molecular weight excluding hydrogens is 572 g/mol. The lowest BCUT2D eigenvalue weighted by molar-refractivity contribution is -0.143. The number of carbonyl (C=O) groups excluding carboxylic acids is 4. The molecule has 3 rings (SSSR count). The van der Waals surface area contributed by atoms with Gasteiger partial charge in [-0.15, -0.1) is 0 Å². The van der Waals surface area contributed by atoms with E-state index in [1.165, 1.54) is 0 Å². The number of carboxylic acid groups (broad SMARTS) is 2. The summed E-state index contributed by atoms with van der Waals surface area (Å²) >= 11 is 0. The summed E-state index contributed by atoms with van der Waals surface area (Å²) in [6.07, 6.45) is 0.323. The van der Waals surface area contributed by atoms with Gasteiger partial charge in [-0.1, -0.05) is 48.5 Å². The smallest absolute Gasteiger partial charge is 0.326 e. The minimum absolute atomic E-state index is 0.0106. The van der Waals surface area contributed by atoms with Crippen molar-refractivity contribution >= 4 is 46.5 Å². The van der Waals surface area contributed by atoms with Gasteiger partial charge in [-0.05, 0) is 36.5 Å². The molecular formula is C30H36N6O8. The molecule has 14 nitrogen and oxygen atoms in total. The summed E-state index contributed by atoms with van der Waals surface area (Å²) in [5.74, 6) is -5.89. The first-order valence-electron chi connectivity index (χ1n) is 13.9. The first-order valence-corrected chi connectivity index (χ1v) is 13.9. The number of fused-ring (bicyclic) bond motifs is 1. The largest absolute Gasteiger partial charge is 0.481 e. The highest BCUT2D eigenvalue weighted by atomic mass is 16.4. The lowest BCUT2D eigenvalue weighted by atomic mass is 10.0. The van der Waals surface area contributed by atoms with Crippen molar-refractivity contribution in [1.82, 2.24) is 20.9 Å². The molecule has 4 amide bonds. The van der Waals surface area contributed by atoms with Gasteiger partial charge >= 0.3 is 11.9 Å². The summed E-state index contributed by atoms with van der Waals surface area (Å²) < 4.78 is 0. The lowest BCUT2D eigenvalue weighted by Crippen LogP contribution is -2.57. The van der Waals surface area contributed by atoms with Gasteiger partial charge < -0.3 is 42.6 Å². The number of carbonyl (C=O) groups is 6. The molecule has 0 saturated carbocycles. The number of para-hydroxylation sites is 1. The monoisotopic (exact) mass is 608 g/mol. The van der Waals surface area contributed by atoms with Crippen LogP contribution in [0.3, 0.4) is 0 Å². The van der Waals surface area contributed by atoms with E-state index < -0.39 is 66.2 Å². The molecule has 2 aromatic carbocycles. The second-order valence-corrected chi connectivity index (χ2v) is 10.3. The fourth-order valence-electron chi connectivity index (χ4n) is 4.59. The number of nitrogens with one attached hydrogen (secondary N) is 4. The highest BCUT2D eigenvalue weighted by molar-refractivity contribution is 5.95. The fourth-order valence-corrected chi connectivity index (χ4v) is 4.59. The third-order valence-electron chi connectivity index (χ3n) is 6.94. The highest BCUT2D eigenvalue weighted by Crippen LogP contribution is 2.19. The summed E-state index contributed by atoms with van der Waals surface area (Å²) in [7, 11) is 0. The molecule has 0 radical (unpaired) electrons. The lowest BCUT2D eigenvalue weighted by Gasteiger charge is -2.25. The van der Waals surface area contributed by atoms with E-state index in [0.29, 0.717) is 5.56 Å². The van der Waals surface area contributed by atoms with Crippen molar-refractivity contribution in [3.8, 4) is 0 Å². The van der Waals surface area contributed by atoms with E-state index in [-0.39, 0.29) is 32.1 Å².